The van der Waals surface area contributed by atoms with E-state index in [4.69, 9.17) is 0 Å². The van der Waals surface area contributed by atoms with Gasteiger partial charge in [-0.3, -0.25) is 9.69 Å². The molecular formula is C13H17NO2S. The van der Waals surface area contributed by atoms with Crippen molar-refractivity contribution in [2.45, 2.75) is 23.3 Å². The SMILES string of the molecule is CN(C)C1(CC(=O)O)CCSc2ccccc21. The van der Waals surface area contributed by atoms with Crippen molar-refractivity contribution in [3.8, 4) is 0 Å². The summed E-state index contributed by atoms with van der Waals surface area (Å²) < 4.78 is 0. The molecule has 3 nitrogen and oxygen atoms in total. The van der Waals surface area contributed by atoms with Gasteiger partial charge in [-0.25, -0.2) is 0 Å². The molecule has 1 unspecified atom stereocenters. The van der Waals surface area contributed by atoms with Crippen LogP contribution in [0, 0.1) is 0 Å². The molecule has 0 aliphatic carbocycles. The standard InChI is InChI=1S/C13H17NO2S/c1-14(2)13(9-12(15)16)7-8-17-11-6-4-3-5-10(11)13/h3-6H,7-9H2,1-2H3,(H,15,16). The van der Waals surface area contributed by atoms with Gasteiger partial charge in [0, 0.05) is 10.6 Å². The van der Waals surface area contributed by atoms with Crippen LogP contribution in [0.25, 0.3) is 0 Å². The topological polar surface area (TPSA) is 40.5 Å². The summed E-state index contributed by atoms with van der Waals surface area (Å²) >= 11 is 1.82. The van der Waals surface area contributed by atoms with Gasteiger partial charge in [-0.2, -0.15) is 0 Å². The minimum absolute atomic E-state index is 0.164. The van der Waals surface area contributed by atoms with Crippen LogP contribution in [0.15, 0.2) is 29.2 Å². The molecule has 0 radical (unpaired) electrons. The highest BCUT2D eigenvalue weighted by Gasteiger charge is 2.40. The first kappa shape index (κ1) is 12.5. The van der Waals surface area contributed by atoms with Gasteiger partial charge >= 0.3 is 5.97 Å². The molecule has 2 rings (SSSR count). The maximum absolute atomic E-state index is 11.2. The number of nitrogens with zero attached hydrogens (tertiary/aromatic N) is 1. The average Bonchev–Trinajstić information content (AvgIpc) is 2.28. The molecule has 1 aliphatic heterocycles. The molecule has 0 amide bonds. The van der Waals surface area contributed by atoms with Gasteiger partial charge in [0.05, 0.1) is 12.0 Å². The molecule has 1 aliphatic rings. The quantitative estimate of drug-likeness (QED) is 0.895. The number of rotatable bonds is 3. The Hall–Kier alpha value is -1.00. The Morgan fingerprint density at radius 1 is 1.47 bits per heavy atom. The summed E-state index contributed by atoms with van der Waals surface area (Å²) in [5.41, 5.74) is 0.803. The molecule has 4 heteroatoms. The van der Waals surface area contributed by atoms with Gasteiger partial charge < -0.3 is 5.11 Å². The lowest BCUT2D eigenvalue weighted by molar-refractivity contribution is -0.140. The summed E-state index contributed by atoms with van der Waals surface area (Å²) in [6, 6.07) is 8.15. The molecule has 1 aromatic rings. The summed E-state index contributed by atoms with van der Waals surface area (Å²) in [7, 11) is 3.94. The summed E-state index contributed by atoms with van der Waals surface area (Å²) in [6.45, 7) is 0. The third kappa shape index (κ3) is 2.19. The van der Waals surface area contributed by atoms with E-state index in [1.54, 1.807) is 0 Å². The highest BCUT2D eigenvalue weighted by Crippen LogP contribution is 2.44. The second-order valence-corrected chi connectivity index (χ2v) is 5.73. The number of carbonyl (C=O) groups is 1. The van der Waals surface area contributed by atoms with Crippen molar-refractivity contribution in [1.29, 1.82) is 0 Å². The minimum atomic E-state index is -0.736. The van der Waals surface area contributed by atoms with Gasteiger partial charge in [0.15, 0.2) is 0 Å². The first-order valence-corrected chi connectivity index (χ1v) is 6.66. The average molecular weight is 251 g/mol. The van der Waals surface area contributed by atoms with E-state index in [2.05, 4.69) is 17.0 Å². The van der Waals surface area contributed by atoms with E-state index in [1.807, 2.05) is 38.0 Å². The zero-order valence-electron chi connectivity index (χ0n) is 10.1. The molecule has 1 atom stereocenters. The first-order chi connectivity index (χ1) is 8.06. The second-order valence-electron chi connectivity index (χ2n) is 4.59. The normalized spacial score (nSPS) is 23.5. The lowest BCUT2D eigenvalue weighted by Gasteiger charge is -2.43. The van der Waals surface area contributed by atoms with E-state index in [0.29, 0.717) is 0 Å². The fraction of sp³-hybridized carbons (Fsp3) is 0.462. The van der Waals surface area contributed by atoms with Crippen molar-refractivity contribution in [2.24, 2.45) is 0 Å². The molecule has 1 aromatic carbocycles. The molecule has 1 N–H and O–H groups in total. The first-order valence-electron chi connectivity index (χ1n) is 5.68. The zero-order valence-corrected chi connectivity index (χ0v) is 11.0. The minimum Gasteiger partial charge on any atom is -0.481 e. The number of benzene rings is 1. The van der Waals surface area contributed by atoms with Crippen molar-refractivity contribution in [3.05, 3.63) is 29.8 Å². The van der Waals surface area contributed by atoms with Crippen LogP contribution >= 0.6 is 11.8 Å². The van der Waals surface area contributed by atoms with E-state index in [1.165, 1.54) is 4.90 Å². The lowest BCUT2D eigenvalue weighted by Crippen LogP contribution is -2.45. The number of carboxylic acid groups (broad SMARTS) is 1. The summed E-state index contributed by atoms with van der Waals surface area (Å²) in [4.78, 5) is 14.4. The fourth-order valence-corrected chi connectivity index (χ4v) is 3.75. The van der Waals surface area contributed by atoms with Gasteiger partial charge in [0.25, 0.3) is 0 Å². The molecule has 0 aromatic heterocycles. The van der Waals surface area contributed by atoms with Crippen LogP contribution in [0.1, 0.15) is 18.4 Å². The van der Waals surface area contributed by atoms with Crippen molar-refractivity contribution in [2.75, 3.05) is 19.8 Å². The monoisotopic (exact) mass is 251 g/mol. The van der Waals surface area contributed by atoms with Crippen molar-refractivity contribution < 1.29 is 9.90 Å². The van der Waals surface area contributed by atoms with E-state index in [-0.39, 0.29) is 12.0 Å². The summed E-state index contributed by atoms with van der Waals surface area (Å²) in [5, 5.41) is 9.17. The molecule has 0 bridgehead atoms. The van der Waals surface area contributed by atoms with Crippen LogP contribution in [-0.2, 0) is 10.3 Å². The van der Waals surface area contributed by atoms with E-state index >= 15 is 0 Å². The Kier molecular flexibility index (Phi) is 3.45. The molecule has 0 saturated heterocycles. The van der Waals surface area contributed by atoms with Crippen LogP contribution in [0.2, 0.25) is 0 Å². The predicted molar refractivity (Wildman–Crippen MR) is 69.4 cm³/mol. The van der Waals surface area contributed by atoms with Crippen LogP contribution in [0.4, 0.5) is 0 Å². The summed E-state index contributed by atoms with van der Waals surface area (Å²) in [5.74, 6) is 0.239. The molecule has 1 heterocycles. The number of carboxylic acids is 1. The molecule has 92 valence electrons. The van der Waals surface area contributed by atoms with E-state index < -0.39 is 5.97 Å². The van der Waals surface area contributed by atoms with Crippen molar-refractivity contribution in [3.63, 3.8) is 0 Å². The highest BCUT2D eigenvalue weighted by atomic mass is 32.2. The summed E-state index contributed by atoms with van der Waals surface area (Å²) in [6.07, 6.45) is 1.05. The Morgan fingerprint density at radius 3 is 2.82 bits per heavy atom. The third-order valence-electron chi connectivity index (χ3n) is 3.46. The number of hydrogen-bond donors (Lipinski definition) is 1. The van der Waals surface area contributed by atoms with Crippen molar-refractivity contribution in [1.82, 2.24) is 4.90 Å². The second kappa shape index (κ2) is 4.70. The number of fused-ring (bicyclic) bond motifs is 1. The zero-order chi connectivity index (χ0) is 12.5. The van der Waals surface area contributed by atoms with Crippen LogP contribution in [-0.4, -0.2) is 35.8 Å². The van der Waals surface area contributed by atoms with Crippen LogP contribution in [0.5, 0.6) is 0 Å². The Labute approximate surface area is 106 Å². The Balaban J connectivity index is 2.51. The van der Waals surface area contributed by atoms with Gasteiger partial charge in [-0.15, -0.1) is 11.8 Å². The Morgan fingerprint density at radius 2 is 2.18 bits per heavy atom. The molecular weight excluding hydrogens is 234 g/mol. The van der Waals surface area contributed by atoms with Gasteiger partial charge in [-0.05, 0) is 32.1 Å². The van der Waals surface area contributed by atoms with Crippen molar-refractivity contribution >= 4 is 17.7 Å². The van der Waals surface area contributed by atoms with E-state index in [0.717, 1.165) is 17.7 Å². The maximum Gasteiger partial charge on any atom is 0.305 e. The van der Waals surface area contributed by atoms with E-state index in [9.17, 15) is 9.90 Å². The van der Waals surface area contributed by atoms with Gasteiger partial charge in [-0.1, -0.05) is 18.2 Å². The number of hydrogen-bond acceptors (Lipinski definition) is 3. The van der Waals surface area contributed by atoms with Crippen LogP contribution < -0.4 is 0 Å². The van der Waals surface area contributed by atoms with Crippen LogP contribution in [0.3, 0.4) is 0 Å². The molecule has 0 fully saturated rings. The number of aliphatic carboxylic acids is 1. The molecule has 0 spiro atoms. The third-order valence-corrected chi connectivity index (χ3v) is 4.54. The van der Waals surface area contributed by atoms with Gasteiger partial charge in [0.1, 0.15) is 0 Å². The number of thioether (sulfide) groups is 1. The fourth-order valence-electron chi connectivity index (χ4n) is 2.50. The largest absolute Gasteiger partial charge is 0.481 e. The highest BCUT2D eigenvalue weighted by molar-refractivity contribution is 7.99. The molecule has 0 saturated carbocycles. The Bertz CT molecular complexity index is 433. The smallest absolute Gasteiger partial charge is 0.305 e. The lowest BCUT2D eigenvalue weighted by atomic mass is 9.82. The molecule has 17 heavy (non-hydrogen) atoms. The maximum atomic E-state index is 11.2. The van der Waals surface area contributed by atoms with Gasteiger partial charge in [0.2, 0.25) is 0 Å². The predicted octanol–water partition coefficient (Wildman–Crippen LogP) is 2.41.